The van der Waals surface area contributed by atoms with Gasteiger partial charge < -0.3 is 0 Å². The highest BCUT2D eigenvalue weighted by Crippen LogP contribution is 2.25. The van der Waals surface area contributed by atoms with E-state index in [9.17, 15) is 13.7 Å². The van der Waals surface area contributed by atoms with Gasteiger partial charge in [-0.15, -0.1) is 0 Å². The minimum atomic E-state index is -3.69. The van der Waals surface area contributed by atoms with Crippen molar-refractivity contribution in [2.24, 2.45) is 5.92 Å². The first-order valence-electron chi connectivity index (χ1n) is 6.62. The van der Waals surface area contributed by atoms with Crippen molar-refractivity contribution in [1.29, 1.82) is 5.26 Å². The Balaban J connectivity index is 2.35. The van der Waals surface area contributed by atoms with Crippen LogP contribution in [0, 0.1) is 24.2 Å². The Hall–Kier alpha value is -1.86. The standard InChI is InChI=1S/C16H17NO2S/c1-13-7-9-15(10-8-13)20(18,19)16(12-17)11-14-5-3-2-4-6-14/h2-3,7-11,14H,4-6H2,1H3/b16-11+. The summed E-state index contributed by atoms with van der Waals surface area (Å²) in [6.45, 7) is 1.89. The molecule has 1 aliphatic carbocycles. The van der Waals surface area contributed by atoms with Gasteiger partial charge in [0.15, 0.2) is 0 Å². The molecule has 0 spiro atoms. The van der Waals surface area contributed by atoms with Crippen molar-refractivity contribution in [3.63, 3.8) is 0 Å². The van der Waals surface area contributed by atoms with E-state index in [1.165, 1.54) is 0 Å². The monoisotopic (exact) mass is 287 g/mol. The highest BCUT2D eigenvalue weighted by molar-refractivity contribution is 7.95. The Labute approximate surface area is 120 Å². The van der Waals surface area contributed by atoms with Gasteiger partial charge in [0.2, 0.25) is 9.84 Å². The maximum atomic E-state index is 12.4. The summed E-state index contributed by atoms with van der Waals surface area (Å²) in [7, 11) is -3.69. The zero-order chi connectivity index (χ0) is 14.6. The number of hydrogen-bond acceptors (Lipinski definition) is 3. The second kappa shape index (κ2) is 6.06. The van der Waals surface area contributed by atoms with Gasteiger partial charge in [-0.25, -0.2) is 8.42 Å². The normalized spacial score (nSPS) is 19.6. The predicted molar refractivity (Wildman–Crippen MR) is 78.5 cm³/mol. The molecule has 0 fully saturated rings. The smallest absolute Gasteiger partial charge is 0.216 e. The molecular formula is C16H17NO2S. The first-order valence-corrected chi connectivity index (χ1v) is 8.11. The van der Waals surface area contributed by atoms with Crippen LogP contribution in [0.3, 0.4) is 0 Å². The summed E-state index contributed by atoms with van der Waals surface area (Å²) in [6, 6.07) is 8.44. The van der Waals surface area contributed by atoms with Gasteiger partial charge in [0.1, 0.15) is 11.0 Å². The molecular weight excluding hydrogens is 270 g/mol. The van der Waals surface area contributed by atoms with Crippen LogP contribution in [0.25, 0.3) is 0 Å². The van der Waals surface area contributed by atoms with E-state index in [0.29, 0.717) is 0 Å². The van der Waals surface area contributed by atoms with Crippen LogP contribution >= 0.6 is 0 Å². The van der Waals surface area contributed by atoms with Crippen molar-refractivity contribution in [1.82, 2.24) is 0 Å². The lowest BCUT2D eigenvalue weighted by molar-refractivity contribution is 0.579. The van der Waals surface area contributed by atoms with E-state index in [2.05, 4.69) is 6.08 Å². The molecule has 1 aromatic carbocycles. The van der Waals surface area contributed by atoms with Crippen molar-refractivity contribution in [3.05, 3.63) is 53.0 Å². The average Bonchev–Trinajstić information content (AvgIpc) is 2.46. The van der Waals surface area contributed by atoms with E-state index in [1.54, 1.807) is 30.3 Å². The van der Waals surface area contributed by atoms with Crippen molar-refractivity contribution in [3.8, 4) is 6.07 Å². The van der Waals surface area contributed by atoms with Crippen molar-refractivity contribution in [2.75, 3.05) is 0 Å². The van der Waals surface area contributed by atoms with E-state index in [-0.39, 0.29) is 15.7 Å². The molecule has 0 aromatic heterocycles. The molecule has 0 amide bonds. The van der Waals surface area contributed by atoms with Crippen LogP contribution in [-0.2, 0) is 9.84 Å². The van der Waals surface area contributed by atoms with Crippen LogP contribution in [0.15, 0.2) is 52.3 Å². The maximum Gasteiger partial charge on any atom is 0.216 e. The van der Waals surface area contributed by atoms with Gasteiger partial charge in [0.05, 0.1) is 4.90 Å². The lowest BCUT2D eigenvalue weighted by Crippen LogP contribution is -2.07. The first kappa shape index (κ1) is 14.5. The lowest BCUT2D eigenvalue weighted by atomic mass is 9.94. The first-order chi connectivity index (χ1) is 9.54. The summed E-state index contributed by atoms with van der Waals surface area (Å²) >= 11 is 0. The minimum absolute atomic E-state index is 0.134. The molecule has 0 saturated heterocycles. The number of hydrogen-bond donors (Lipinski definition) is 0. The topological polar surface area (TPSA) is 57.9 Å². The summed E-state index contributed by atoms with van der Waals surface area (Å²) in [5, 5.41) is 9.19. The molecule has 3 nitrogen and oxygen atoms in total. The van der Waals surface area contributed by atoms with Crippen LogP contribution in [0.5, 0.6) is 0 Å². The Kier molecular flexibility index (Phi) is 4.41. The molecule has 0 radical (unpaired) electrons. The van der Waals surface area contributed by atoms with Crippen LogP contribution in [0.1, 0.15) is 24.8 Å². The number of aryl methyl sites for hydroxylation is 1. The van der Waals surface area contributed by atoms with Crippen LogP contribution < -0.4 is 0 Å². The molecule has 0 saturated carbocycles. The molecule has 20 heavy (non-hydrogen) atoms. The summed E-state index contributed by atoms with van der Waals surface area (Å²) < 4.78 is 24.9. The summed E-state index contributed by atoms with van der Waals surface area (Å²) in [4.78, 5) is 0.0453. The zero-order valence-electron chi connectivity index (χ0n) is 11.4. The van der Waals surface area contributed by atoms with Crippen molar-refractivity contribution >= 4 is 9.84 Å². The molecule has 104 valence electrons. The van der Waals surface area contributed by atoms with E-state index >= 15 is 0 Å². The third-order valence-electron chi connectivity index (χ3n) is 3.43. The minimum Gasteiger partial charge on any atom is -0.218 e. The fourth-order valence-electron chi connectivity index (χ4n) is 2.21. The highest BCUT2D eigenvalue weighted by atomic mass is 32.2. The van der Waals surface area contributed by atoms with Gasteiger partial charge in [-0.2, -0.15) is 5.26 Å². The van der Waals surface area contributed by atoms with Crippen LogP contribution in [0.2, 0.25) is 0 Å². The van der Waals surface area contributed by atoms with Gasteiger partial charge in [0.25, 0.3) is 0 Å². The van der Waals surface area contributed by atoms with Gasteiger partial charge in [-0.05, 0) is 44.2 Å². The summed E-state index contributed by atoms with van der Waals surface area (Å²) in [5.41, 5.74) is 0.990. The summed E-state index contributed by atoms with van der Waals surface area (Å²) in [5.74, 6) is 0.134. The summed E-state index contributed by atoms with van der Waals surface area (Å²) in [6.07, 6.45) is 8.37. The number of nitriles is 1. The molecule has 1 atom stereocenters. The fraction of sp³-hybridized carbons (Fsp3) is 0.312. The second-order valence-electron chi connectivity index (χ2n) is 5.00. The number of benzene rings is 1. The molecule has 1 aromatic rings. The van der Waals surface area contributed by atoms with Gasteiger partial charge >= 0.3 is 0 Å². The lowest BCUT2D eigenvalue weighted by Gasteiger charge is -2.14. The third kappa shape index (κ3) is 3.17. The van der Waals surface area contributed by atoms with Gasteiger partial charge in [0, 0.05) is 0 Å². The largest absolute Gasteiger partial charge is 0.218 e. The highest BCUT2D eigenvalue weighted by Gasteiger charge is 2.22. The third-order valence-corrected chi connectivity index (χ3v) is 5.13. The van der Waals surface area contributed by atoms with E-state index in [0.717, 1.165) is 24.8 Å². The Morgan fingerprint density at radius 3 is 2.55 bits per heavy atom. The van der Waals surface area contributed by atoms with Crippen molar-refractivity contribution in [2.45, 2.75) is 31.1 Å². The van der Waals surface area contributed by atoms with Crippen LogP contribution in [0.4, 0.5) is 0 Å². The van der Waals surface area contributed by atoms with E-state index < -0.39 is 9.84 Å². The molecule has 4 heteroatoms. The maximum absolute atomic E-state index is 12.4. The molecule has 1 aliphatic rings. The Bertz CT molecular complexity index is 676. The molecule has 0 heterocycles. The van der Waals surface area contributed by atoms with Gasteiger partial charge in [-0.1, -0.05) is 35.9 Å². The molecule has 0 N–H and O–H groups in total. The number of allylic oxidation sites excluding steroid dienone is 4. The molecule has 2 rings (SSSR count). The molecule has 0 aliphatic heterocycles. The van der Waals surface area contributed by atoms with E-state index in [1.807, 2.05) is 19.1 Å². The number of nitrogens with zero attached hydrogens (tertiary/aromatic N) is 1. The van der Waals surface area contributed by atoms with Crippen LogP contribution in [-0.4, -0.2) is 8.42 Å². The fourth-order valence-corrected chi connectivity index (χ4v) is 3.45. The van der Waals surface area contributed by atoms with Gasteiger partial charge in [-0.3, -0.25) is 0 Å². The van der Waals surface area contributed by atoms with Crippen molar-refractivity contribution < 1.29 is 8.42 Å². The number of rotatable bonds is 3. The SMILES string of the molecule is Cc1ccc(S(=O)(=O)/C(C#N)=C/C2CC=CCC2)cc1. The second-order valence-corrected chi connectivity index (χ2v) is 6.92. The Morgan fingerprint density at radius 2 is 2.00 bits per heavy atom. The van der Waals surface area contributed by atoms with E-state index in [4.69, 9.17) is 0 Å². The average molecular weight is 287 g/mol. The number of sulfone groups is 1. The predicted octanol–water partition coefficient (Wildman–Crippen LogP) is 3.53. The quantitative estimate of drug-likeness (QED) is 0.631. The molecule has 0 bridgehead atoms. The zero-order valence-corrected chi connectivity index (χ0v) is 12.2. The molecule has 1 unspecified atom stereocenters. The Morgan fingerprint density at radius 1 is 1.30 bits per heavy atom.